The molecule has 0 spiro atoms. The van der Waals surface area contributed by atoms with E-state index in [1.165, 1.54) is 13.8 Å². The van der Waals surface area contributed by atoms with Crippen LogP contribution in [0.5, 0.6) is 5.75 Å². The van der Waals surface area contributed by atoms with E-state index < -0.39 is 17.9 Å². The van der Waals surface area contributed by atoms with Crippen LogP contribution in [-0.4, -0.2) is 50.1 Å². The fourth-order valence-corrected chi connectivity index (χ4v) is 1.54. The van der Waals surface area contributed by atoms with Gasteiger partial charge in [0.2, 0.25) is 0 Å². The minimum absolute atomic E-state index is 0.0324. The number of Topliss-reactive ketones (excluding diaryl/α,β-unsaturated/α-hetero) is 1. The lowest BCUT2D eigenvalue weighted by molar-refractivity contribution is -0.151. The highest BCUT2D eigenvalue weighted by atomic mass is 16.6. The fourth-order valence-electron chi connectivity index (χ4n) is 1.54. The Labute approximate surface area is 170 Å². The van der Waals surface area contributed by atoms with E-state index in [1.807, 2.05) is 30.3 Å². The molecule has 0 fully saturated rings. The standard InChI is InChI=1S/C11H12O3.C10H14O5/c1-2-11(12)14-9-8-13-10-6-4-3-5-7-10;1-7(2)10(13)15-5-4-14-9(12)6-8(3)11/h2-7H,1,8-9H2;1,4-6H2,2-3H3. The maximum Gasteiger partial charge on any atom is 0.333 e. The van der Waals surface area contributed by atoms with Crippen molar-refractivity contribution in [3.8, 4) is 5.75 Å². The van der Waals surface area contributed by atoms with E-state index >= 15 is 0 Å². The van der Waals surface area contributed by atoms with E-state index in [4.69, 9.17) is 9.47 Å². The van der Waals surface area contributed by atoms with E-state index in [0.29, 0.717) is 6.61 Å². The van der Waals surface area contributed by atoms with Crippen LogP contribution in [0.2, 0.25) is 0 Å². The average Bonchev–Trinajstić information content (AvgIpc) is 2.68. The number of benzene rings is 1. The molecule has 0 N–H and O–H groups in total. The van der Waals surface area contributed by atoms with Crippen molar-refractivity contribution in [1.29, 1.82) is 0 Å². The molecule has 0 amide bonds. The Morgan fingerprint density at radius 1 is 0.897 bits per heavy atom. The smallest absolute Gasteiger partial charge is 0.333 e. The number of esters is 3. The summed E-state index contributed by atoms with van der Waals surface area (Å²) in [5.74, 6) is -1.07. The third-order valence-electron chi connectivity index (χ3n) is 2.83. The number of carbonyl (C=O) groups is 4. The van der Waals surface area contributed by atoms with Crippen LogP contribution >= 0.6 is 0 Å². The zero-order valence-electron chi connectivity index (χ0n) is 16.7. The number of carbonyl (C=O) groups excluding carboxylic acids is 4. The molecule has 0 aromatic heterocycles. The molecule has 0 bridgehead atoms. The molecule has 8 heteroatoms. The van der Waals surface area contributed by atoms with Crippen LogP contribution in [0.25, 0.3) is 0 Å². The Kier molecular flexibility index (Phi) is 13.8. The molecule has 0 saturated carbocycles. The lowest BCUT2D eigenvalue weighted by atomic mass is 10.3. The summed E-state index contributed by atoms with van der Waals surface area (Å²) in [6, 6.07) is 9.35. The van der Waals surface area contributed by atoms with Gasteiger partial charge in [0.15, 0.2) is 0 Å². The molecule has 0 heterocycles. The first-order valence-electron chi connectivity index (χ1n) is 8.71. The number of ketones is 1. The maximum atomic E-state index is 10.8. The number of ether oxygens (including phenoxy) is 4. The summed E-state index contributed by atoms with van der Waals surface area (Å²) in [6.45, 7) is 9.98. The van der Waals surface area contributed by atoms with Gasteiger partial charge in [0, 0.05) is 11.6 Å². The second kappa shape index (κ2) is 15.6. The van der Waals surface area contributed by atoms with Crippen LogP contribution in [0.1, 0.15) is 20.3 Å². The van der Waals surface area contributed by atoms with Gasteiger partial charge >= 0.3 is 17.9 Å². The van der Waals surface area contributed by atoms with Gasteiger partial charge in [-0.05, 0) is 26.0 Å². The van der Waals surface area contributed by atoms with Gasteiger partial charge in [-0.25, -0.2) is 9.59 Å². The molecular weight excluding hydrogens is 380 g/mol. The van der Waals surface area contributed by atoms with Crippen molar-refractivity contribution in [1.82, 2.24) is 0 Å². The lowest BCUT2D eigenvalue weighted by Crippen LogP contribution is -2.15. The molecule has 0 saturated heterocycles. The Bertz CT molecular complexity index is 694. The van der Waals surface area contributed by atoms with Crippen LogP contribution in [-0.2, 0) is 33.4 Å². The summed E-state index contributed by atoms with van der Waals surface area (Å²) in [5, 5.41) is 0. The predicted octanol–water partition coefficient (Wildman–Crippen LogP) is 2.42. The van der Waals surface area contributed by atoms with Crippen LogP contribution in [0, 0.1) is 0 Å². The molecule has 0 atom stereocenters. The molecule has 1 aromatic carbocycles. The molecule has 0 aliphatic carbocycles. The minimum atomic E-state index is -0.617. The molecule has 158 valence electrons. The maximum absolute atomic E-state index is 10.8. The van der Waals surface area contributed by atoms with Gasteiger partial charge in [-0.15, -0.1) is 0 Å². The first kappa shape index (κ1) is 25.6. The summed E-state index contributed by atoms with van der Waals surface area (Å²) in [6.07, 6.45) is 0.872. The van der Waals surface area contributed by atoms with Crippen LogP contribution in [0.3, 0.4) is 0 Å². The monoisotopic (exact) mass is 406 g/mol. The predicted molar refractivity (Wildman–Crippen MR) is 105 cm³/mol. The van der Waals surface area contributed by atoms with Crippen molar-refractivity contribution < 1.29 is 38.1 Å². The van der Waals surface area contributed by atoms with E-state index in [0.717, 1.165) is 11.8 Å². The van der Waals surface area contributed by atoms with E-state index in [9.17, 15) is 19.2 Å². The minimum Gasteiger partial charge on any atom is -0.490 e. The van der Waals surface area contributed by atoms with Crippen molar-refractivity contribution in [2.75, 3.05) is 26.4 Å². The summed E-state index contributed by atoms with van der Waals surface area (Å²) in [7, 11) is 0. The Balaban J connectivity index is 0.000000541. The first-order chi connectivity index (χ1) is 13.8. The topological polar surface area (TPSA) is 105 Å². The summed E-state index contributed by atoms with van der Waals surface area (Å²) < 4.78 is 19.3. The van der Waals surface area contributed by atoms with Gasteiger partial charge in [-0.3, -0.25) is 9.59 Å². The van der Waals surface area contributed by atoms with Gasteiger partial charge in [0.25, 0.3) is 0 Å². The molecule has 1 aromatic rings. The molecule has 8 nitrogen and oxygen atoms in total. The molecule has 0 aliphatic rings. The summed E-state index contributed by atoms with van der Waals surface area (Å²) in [4.78, 5) is 42.8. The summed E-state index contributed by atoms with van der Waals surface area (Å²) >= 11 is 0. The number of para-hydroxylation sites is 1. The van der Waals surface area contributed by atoms with Gasteiger partial charge in [-0.1, -0.05) is 31.4 Å². The number of hydrogen-bond donors (Lipinski definition) is 0. The molecule has 0 aliphatic heterocycles. The van der Waals surface area contributed by atoms with Gasteiger partial charge < -0.3 is 18.9 Å². The molecular formula is C21H26O8. The van der Waals surface area contributed by atoms with E-state index in [2.05, 4.69) is 22.6 Å². The molecule has 1 rings (SSSR count). The SMILES string of the molecule is C=C(C)C(=O)OCCOC(=O)CC(C)=O.C=CC(=O)OCCOc1ccccc1. The highest BCUT2D eigenvalue weighted by Crippen LogP contribution is 2.07. The highest BCUT2D eigenvalue weighted by Gasteiger charge is 2.07. The third-order valence-corrected chi connectivity index (χ3v) is 2.83. The lowest BCUT2D eigenvalue weighted by Gasteiger charge is -2.05. The zero-order chi connectivity index (χ0) is 22.1. The normalized spacial score (nSPS) is 9.17. The van der Waals surface area contributed by atoms with Gasteiger partial charge in [-0.2, -0.15) is 0 Å². The summed E-state index contributed by atoms with van der Waals surface area (Å²) in [5.41, 5.74) is 0.282. The fraction of sp³-hybridized carbons (Fsp3) is 0.333. The van der Waals surface area contributed by atoms with Crippen molar-refractivity contribution in [3.63, 3.8) is 0 Å². The Hall–Kier alpha value is -3.42. The average molecular weight is 406 g/mol. The van der Waals surface area contributed by atoms with Crippen molar-refractivity contribution in [3.05, 3.63) is 55.1 Å². The largest absolute Gasteiger partial charge is 0.490 e. The first-order valence-corrected chi connectivity index (χ1v) is 8.71. The van der Waals surface area contributed by atoms with Crippen molar-refractivity contribution >= 4 is 23.7 Å². The Morgan fingerprint density at radius 3 is 2.03 bits per heavy atom. The van der Waals surface area contributed by atoms with Crippen LogP contribution < -0.4 is 4.74 Å². The van der Waals surface area contributed by atoms with Crippen molar-refractivity contribution in [2.24, 2.45) is 0 Å². The molecule has 29 heavy (non-hydrogen) atoms. The Morgan fingerprint density at radius 2 is 1.48 bits per heavy atom. The quantitative estimate of drug-likeness (QED) is 0.181. The second-order valence-electron chi connectivity index (χ2n) is 5.55. The van der Waals surface area contributed by atoms with Gasteiger partial charge in [0.05, 0.1) is 0 Å². The number of rotatable bonds is 11. The molecule has 0 unspecified atom stereocenters. The zero-order valence-corrected chi connectivity index (χ0v) is 16.7. The van der Waals surface area contributed by atoms with Crippen molar-refractivity contribution in [2.45, 2.75) is 20.3 Å². The second-order valence-corrected chi connectivity index (χ2v) is 5.55. The van der Waals surface area contributed by atoms with E-state index in [1.54, 1.807) is 0 Å². The third kappa shape index (κ3) is 15.3. The number of hydrogen-bond acceptors (Lipinski definition) is 8. The van der Waals surface area contributed by atoms with Crippen LogP contribution in [0.15, 0.2) is 55.1 Å². The van der Waals surface area contributed by atoms with Crippen LogP contribution in [0.4, 0.5) is 0 Å². The highest BCUT2D eigenvalue weighted by molar-refractivity contribution is 5.94. The molecule has 0 radical (unpaired) electrons. The van der Waals surface area contributed by atoms with Gasteiger partial charge in [0.1, 0.15) is 44.4 Å². The van der Waals surface area contributed by atoms with E-state index in [-0.39, 0.29) is 37.6 Å².